The minimum Gasteiger partial charge on any atom is -0.486 e. The highest BCUT2D eigenvalue weighted by molar-refractivity contribution is 7.09. The molecular weight excluding hydrogens is 379 g/mol. The van der Waals surface area contributed by atoms with E-state index in [1.807, 2.05) is 0 Å². The number of carbonyl (C=O) groups excluding carboxylic acids is 1. The van der Waals surface area contributed by atoms with Crippen LogP contribution >= 0.6 is 22.9 Å². The third-order valence-electron chi connectivity index (χ3n) is 3.36. The second kappa shape index (κ2) is 8.16. The average molecular weight is 393 g/mol. The molecule has 0 radical (unpaired) electrons. The first kappa shape index (κ1) is 18.2. The van der Waals surface area contributed by atoms with Gasteiger partial charge in [-0.25, -0.2) is 14.2 Å². The molecule has 134 valence electrons. The lowest BCUT2D eigenvalue weighted by molar-refractivity contribution is 0.0468. The SMILES string of the molecule is Nc1cc(C(=O)OCc2csc(COc3ccc(F)cc3)n2)ccc1Cl. The molecular formula is C18H14ClFN2O3S. The molecule has 26 heavy (non-hydrogen) atoms. The third kappa shape index (κ3) is 4.71. The molecule has 0 fully saturated rings. The van der Waals surface area contributed by atoms with E-state index in [0.29, 0.717) is 27.7 Å². The monoisotopic (exact) mass is 392 g/mol. The van der Waals surface area contributed by atoms with Crippen molar-refractivity contribution in [2.75, 3.05) is 5.73 Å². The zero-order valence-corrected chi connectivity index (χ0v) is 15.0. The second-order valence-corrected chi connectivity index (χ2v) is 6.64. The summed E-state index contributed by atoms with van der Waals surface area (Å²) in [6.07, 6.45) is 0. The molecule has 0 saturated carbocycles. The van der Waals surface area contributed by atoms with Gasteiger partial charge in [-0.05, 0) is 42.5 Å². The van der Waals surface area contributed by atoms with Crippen LogP contribution in [0.2, 0.25) is 5.02 Å². The van der Waals surface area contributed by atoms with Gasteiger partial charge in [-0.15, -0.1) is 11.3 Å². The fraction of sp³-hybridized carbons (Fsp3) is 0.111. The van der Waals surface area contributed by atoms with Gasteiger partial charge in [0.25, 0.3) is 0 Å². The zero-order valence-electron chi connectivity index (χ0n) is 13.4. The number of ether oxygens (including phenoxy) is 2. The van der Waals surface area contributed by atoms with Gasteiger partial charge in [0, 0.05) is 5.38 Å². The van der Waals surface area contributed by atoms with Gasteiger partial charge in [0.2, 0.25) is 0 Å². The molecule has 0 bridgehead atoms. The van der Waals surface area contributed by atoms with Crippen LogP contribution in [0.3, 0.4) is 0 Å². The van der Waals surface area contributed by atoms with Crippen molar-refractivity contribution < 1.29 is 18.7 Å². The van der Waals surface area contributed by atoms with Gasteiger partial charge in [0.15, 0.2) is 0 Å². The highest BCUT2D eigenvalue weighted by Gasteiger charge is 2.11. The molecule has 2 aromatic carbocycles. The molecule has 5 nitrogen and oxygen atoms in total. The standard InChI is InChI=1S/C18H14ClFN2O3S/c19-15-6-1-11(7-16(15)21)18(23)25-8-13-10-26-17(22-13)9-24-14-4-2-12(20)3-5-14/h1-7,10H,8-9,21H2. The Morgan fingerprint density at radius 3 is 2.69 bits per heavy atom. The number of carbonyl (C=O) groups is 1. The minimum absolute atomic E-state index is 0.0361. The lowest BCUT2D eigenvalue weighted by Crippen LogP contribution is -2.06. The second-order valence-electron chi connectivity index (χ2n) is 5.29. The summed E-state index contributed by atoms with van der Waals surface area (Å²) in [6, 6.07) is 10.3. The molecule has 0 amide bonds. The van der Waals surface area contributed by atoms with E-state index in [1.165, 1.54) is 29.5 Å². The van der Waals surface area contributed by atoms with Gasteiger partial charge >= 0.3 is 5.97 Å². The minimum atomic E-state index is -0.509. The first-order valence-corrected chi connectivity index (χ1v) is 8.81. The number of halogens is 2. The number of thiazole rings is 1. The summed E-state index contributed by atoms with van der Waals surface area (Å²) in [5.41, 5.74) is 6.92. The van der Waals surface area contributed by atoms with Crippen LogP contribution in [0.4, 0.5) is 10.1 Å². The van der Waals surface area contributed by atoms with Gasteiger partial charge in [0.1, 0.15) is 29.8 Å². The van der Waals surface area contributed by atoms with Crippen molar-refractivity contribution in [2.24, 2.45) is 0 Å². The number of nitrogen functional groups attached to an aromatic ring is 1. The van der Waals surface area contributed by atoms with Gasteiger partial charge in [-0.3, -0.25) is 0 Å². The number of nitrogens with two attached hydrogens (primary N) is 1. The Morgan fingerprint density at radius 2 is 1.96 bits per heavy atom. The Bertz CT molecular complexity index is 915. The van der Waals surface area contributed by atoms with Crippen LogP contribution in [-0.4, -0.2) is 11.0 Å². The molecule has 0 aliphatic rings. The van der Waals surface area contributed by atoms with Crippen molar-refractivity contribution in [3.8, 4) is 5.75 Å². The Morgan fingerprint density at radius 1 is 1.19 bits per heavy atom. The lowest BCUT2D eigenvalue weighted by Gasteiger charge is -2.05. The fourth-order valence-electron chi connectivity index (χ4n) is 2.05. The number of aromatic nitrogens is 1. The van der Waals surface area contributed by atoms with Crippen molar-refractivity contribution in [2.45, 2.75) is 13.2 Å². The van der Waals surface area contributed by atoms with E-state index < -0.39 is 5.97 Å². The van der Waals surface area contributed by atoms with Gasteiger partial charge in [0.05, 0.1) is 22.0 Å². The smallest absolute Gasteiger partial charge is 0.338 e. The summed E-state index contributed by atoms with van der Waals surface area (Å²) in [7, 11) is 0. The summed E-state index contributed by atoms with van der Waals surface area (Å²) < 4.78 is 23.6. The molecule has 0 saturated heterocycles. The number of nitrogens with zero attached hydrogens (tertiary/aromatic N) is 1. The number of benzene rings is 2. The van der Waals surface area contributed by atoms with Crippen LogP contribution in [-0.2, 0) is 18.0 Å². The highest BCUT2D eigenvalue weighted by atomic mass is 35.5. The first-order valence-electron chi connectivity index (χ1n) is 7.55. The van der Waals surface area contributed by atoms with Crippen LogP contribution in [0.25, 0.3) is 0 Å². The highest BCUT2D eigenvalue weighted by Crippen LogP contribution is 2.21. The molecule has 2 N–H and O–H groups in total. The third-order valence-corrected chi connectivity index (χ3v) is 4.57. The summed E-state index contributed by atoms with van der Waals surface area (Å²) in [5.74, 6) is -0.279. The van der Waals surface area contributed by atoms with E-state index in [4.69, 9.17) is 26.8 Å². The van der Waals surface area contributed by atoms with Crippen molar-refractivity contribution in [1.29, 1.82) is 0 Å². The molecule has 1 aromatic heterocycles. The summed E-state index contributed by atoms with van der Waals surface area (Å²) in [5, 5.41) is 2.88. The maximum Gasteiger partial charge on any atom is 0.338 e. The van der Waals surface area contributed by atoms with E-state index in [0.717, 1.165) is 5.01 Å². The first-order chi connectivity index (χ1) is 12.5. The Balaban J connectivity index is 1.52. The van der Waals surface area contributed by atoms with Gasteiger partial charge in [-0.1, -0.05) is 11.6 Å². The molecule has 3 aromatic rings. The van der Waals surface area contributed by atoms with Crippen LogP contribution in [0, 0.1) is 5.82 Å². The van der Waals surface area contributed by atoms with Crippen LogP contribution in [0.1, 0.15) is 21.1 Å². The largest absolute Gasteiger partial charge is 0.486 e. The quantitative estimate of drug-likeness (QED) is 0.495. The normalized spacial score (nSPS) is 10.5. The Labute approximate surface area is 158 Å². The predicted molar refractivity (Wildman–Crippen MR) is 97.8 cm³/mol. The van der Waals surface area contributed by atoms with Crippen LogP contribution in [0.15, 0.2) is 47.8 Å². The number of hydrogen-bond donors (Lipinski definition) is 1. The summed E-state index contributed by atoms with van der Waals surface area (Å²) in [4.78, 5) is 16.4. The molecule has 0 atom stereocenters. The number of rotatable bonds is 6. The fourth-order valence-corrected chi connectivity index (χ4v) is 2.86. The van der Waals surface area contributed by atoms with Gasteiger partial charge < -0.3 is 15.2 Å². The van der Waals surface area contributed by atoms with Crippen molar-refractivity contribution in [1.82, 2.24) is 4.98 Å². The molecule has 0 spiro atoms. The molecule has 1 heterocycles. The summed E-state index contributed by atoms with van der Waals surface area (Å²) in [6.45, 7) is 0.284. The zero-order chi connectivity index (χ0) is 18.5. The molecule has 8 heteroatoms. The number of hydrogen-bond acceptors (Lipinski definition) is 6. The molecule has 0 unspecified atom stereocenters. The van der Waals surface area contributed by atoms with E-state index in [-0.39, 0.29) is 19.0 Å². The van der Waals surface area contributed by atoms with E-state index in [2.05, 4.69) is 4.98 Å². The number of esters is 1. The van der Waals surface area contributed by atoms with Crippen molar-refractivity contribution in [3.05, 3.63) is 74.9 Å². The average Bonchev–Trinajstić information content (AvgIpc) is 3.09. The van der Waals surface area contributed by atoms with Crippen LogP contribution < -0.4 is 10.5 Å². The van der Waals surface area contributed by atoms with Crippen molar-refractivity contribution in [3.63, 3.8) is 0 Å². The topological polar surface area (TPSA) is 74.4 Å². The summed E-state index contributed by atoms with van der Waals surface area (Å²) >= 11 is 7.21. The maximum absolute atomic E-state index is 12.8. The van der Waals surface area contributed by atoms with E-state index in [9.17, 15) is 9.18 Å². The Hall–Kier alpha value is -2.64. The maximum atomic E-state index is 12.8. The van der Waals surface area contributed by atoms with E-state index >= 15 is 0 Å². The number of anilines is 1. The predicted octanol–water partition coefficient (Wildman–Crippen LogP) is 4.45. The van der Waals surface area contributed by atoms with Crippen molar-refractivity contribution >= 4 is 34.6 Å². The van der Waals surface area contributed by atoms with E-state index in [1.54, 1.807) is 29.6 Å². The Kier molecular flexibility index (Phi) is 5.70. The molecule has 0 aliphatic heterocycles. The van der Waals surface area contributed by atoms with Gasteiger partial charge in [-0.2, -0.15) is 0 Å². The van der Waals surface area contributed by atoms with Crippen LogP contribution in [0.5, 0.6) is 5.75 Å². The molecule has 0 aliphatic carbocycles. The molecule has 3 rings (SSSR count). The lowest BCUT2D eigenvalue weighted by atomic mass is 10.2.